The van der Waals surface area contributed by atoms with Crippen molar-refractivity contribution in [1.82, 2.24) is 14.9 Å². The van der Waals surface area contributed by atoms with E-state index in [0.29, 0.717) is 24.5 Å². The Morgan fingerprint density at radius 3 is 2.44 bits per heavy atom. The van der Waals surface area contributed by atoms with Crippen LogP contribution in [0.1, 0.15) is 38.2 Å². The van der Waals surface area contributed by atoms with Crippen LogP contribution in [0.25, 0.3) is 0 Å². The van der Waals surface area contributed by atoms with Crippen LogP contribution >= 0.6 is 0 Å². The molecule has 2 atom stereocenters. The second kappa shape index (κ2) is 8.07. The molecule has 1 aromatic carbocycles. The highest BCUT2D eigenvalue weighted by Gasteiger charge is 2.48. The van der Waals surface area contributed by atoms with Gasteiger partial charge in [-0.1, -0.05) is 0 Å². The van der Waals surface area contributed by atoms with Gasteiger partial charge in [0.15, 0.2) is 21.4 Å². The standard InChI is InChI=1S/C23H27FN4O5S/c1-14-20(25-13-26-21(14)32-19-7-6-17(10-18(19)24)34(3,30)31)27-11-15-4-5-16(12-27)28(15)22(29)33-23(2)8-9-23/h6-7,10,13,15-16H,4-5,8-9,11-12H2,1-3H3. The van der Waals surface area contributed by atoms with Gasteiger partial charge in [0.25, 0.3) is 0 Å². The number of rotatable bonds is 5. The maximum absolute atomic E-state index is 14.5. The summed E-state index contributed by atoms with van der Waals surface area (Å²) in [5, 5.41) is 0. The molecule has 0 spiro atoms. The average molecular weight is 491 g/mol. The zero-order valence-corrected chi connectivity index (χ0v) is 20.1. The maximum atomic E-state index is 14.5. The lowest BCUT2D eigenvalue weighted by Gasteiger charge is -2.41. The smallest absolute Gasteiger partial charge is 0.410 e. The average Bonchev–Trinajstić information content (AvgIpc) is 3.42. The molecule has 2 unspecified atom stereocenters. The van der Waals surface area contributed by atoms with Crippen LogP contribution in [0.15, 0.2) is 29.4 Å². The molecule has 2 aromatic rings. The predicted octanol–water partition coefficient (Wildman–Crippen LogP) is 3.46. The van der Waals surface area contributed by atoms with Crippen LogP contribution in [0, 0.1) is 12.7 Å². The molecular formula is C23H27FN4O5S. The fourth-order valence-corrected chi connectivity index (χ4v) is 5.29. The summed E-state index contributed by atoms with van der Waals surface area (Å²) in [7, 11) is -3.53. The molecule has 3 aliphatic rings. The summed E-state index contributed by atoms with van der Waals surface area (Å²) < 4.78 is 49.2. The SMILES string of the molecule is Cc1c(Oc2ccc(S(C)(=O)=O)cc2F)ncnc1N1CC2CCC(C1)N2C(=O)OC1(C)CC1. The van der Waals surface area contributed by atoms with Crippen LogP contribution in [0.3, 0.4) is 0 Å². The number of fused-ring (bicyclic) bond motifs is 2. The lowest BCUT2D eigenvalue weighted by atomic mass is 10.2. The van der Waals surface area contributed by atoms with Gasteiger partial charge in [-0.3, -0.25) is 4.90 Å². The minimum atomic E-state index is -3.53. The Hall–Kier alpha value is -2.95. The number of sulfone groups is 1. The lowest BCUT2D eigenvalue weighted by Crippen LogP contribution is -2.56. The molecule has 1 amide bonds. The predicted molar refractivity (Wildman–Crippen MR) is 121 cm³/mol. The van der Waals surface area contributed by atoms with E-state index in [2.05, 4.69) is 14.9 Å². The fourth-order valence-electron chi connectivity index (χ4n) is 4.66. The third-order valence-corrected chi connectivity index (χ3v) is 7.94. The Labute approximate surface area is 197 Å². The maximum Gasteiger partial charge on any atom is 0.410 e. The minimum Gasteiger partial charge on any atom is -0.443 e. The Kier molecular flexibility index (Phi) is 5.42. The summed E-state index contributed by atoms with van der Waals surface area (Å²) in [4.78, 5) is 25.2. The van der Waals surface area contributed by atoms with Crippen molar-refractivity contribution in [3.8, 4) is 11.6 Å². The second-order valence-corrected chi connectivity index (χ2v) is 11.6. The van der Waals surface area contributed by atoms with Crippen molar-refractivity contribution < 1.29 is 27.1 Å². The number of amides is 1. The van der Waals surface area contributed by atoms with Crippen LogP contribution in [-0.4, -0.2) is 66.4 Å². The normalized spacial score (nSPS) is 23.1. The van der Waals surface area contributed by atoms with Crippen LogP contribution < -0.4 is 9.64 Å². The number of aromatic nitrogens is 2. The molecule has 1 aromatic heterocycles. The molecule has 5 rings (SSSR count). The molecule has 0 N–H and O–H groups in total. The van der Waals surface area contributed by atoms with Gasteiger partial charge in [-0.15, -0.1) is 0 Å². The van der Waals surface area contributed by atoms with E-state index < -0.39 is 15.7 Å². The molecule has 34 heavy (non-hydrogen) atoms. The second-order valence-electron chi connectivity index (χ2n) is 9.61. The largest absolute Gasteiger partial charge is 0.443 e. The first-order valence-corrected chi connectivity index (χ1v) is 13.2. The molecule has 3 heterocycles. The van der Waals surface area contributed by atoms with Crippen LogP contribution in [0.5, 0.6) is 11.6 Å². The summed E-state index contributed by atoms with van der Waals surface area (Å²) in [5.41, 5.74) is 0.327. The number of carbonyl (C=O) groups is 1. The van der Waals surface area contributed by atoms with Crippen molar-refractivity contribution in [3.05, 3.63) is 35.9 Å². The minimum absolute atomic E-state index is 0.0355. The van der Waals surface area contributed by atoms with E-state index in [1.165, 1.54) is 18.5 Å². The highest BCUT2D eigenvalue weighted by Crippen LogP contribution is 2.41. The van der Waals surface area contributed by atoms with E-state index in [0.717, 1.165) is 38.0 Å². The highest BCUT2D eigenvalue weighted by atomic mass is 32.2. The van der Waals surface area contributed by atoms with E-state index >= 15 is 0 Å². The summed E-state index contributed by atoms with van der Waals surface area (Å²) in [6.07, 6.45) is 5.77. The molecule has 0 radical (unpaired) electrons. The monoisotopic (exact) mass is 490 g/mol. The third kappa shape index (κ3) is 4.28. The van der Waals surface area contributed by atoms with Crippen molar-refractivity contribution in [2.75, 3.05) is 24.2 Å². The van der Waals surface area contributed by atoms with Gasteiger partial charge < -0.3 is 14.4 Å². The number of carbonyl (C=O) groups excluding carboxylic acids is 1. The zero-order valence-electron chi connectivity index (χ0n) is 19.3. The summed E-state index contributed by atoms with van der Waals surface area (Å²) in [5.74, 6) is -0.0672. The Morgan fingerprint density at radius 2 is 1.85 bits per heavy atom. The fraction of sp³-hybridized carbons (Fsp3) is 0.522. The van der Waals surface area contributed by atoms with Gasteiger partial charge >= 0.3 is 6.09 Å². The van der Waals surface area contributed by atoms with E-state index in [1.54, 1.807) is 6.92 Å². The number of hydrogen-bond donors (Lipinski definition) is 0. The third-order valence-electron chi connectivity index (χ3n) is 6.83. The first-order chi connectivity index (χ1) is 16.0. The Morgan fingerprint density at radius 1 is 1.18 bits per heavy atom. The Bertz CT molecular complexity index is 1240. The van der Waals surface area contributed by atoms with Gasteiger partial charge in [0, 0.05) is 19.3 Å². The highest BCUT2D eigenvalue weighted by molar-refractivity contribution is 7.90. The first-order valence-electron chi connectivity index (χ1n) is 11.3. The molecule has 2 saturated heterocycles. The number of anilines is 1. The van der Waals surface area contributed by atoms with Gasteiger partial charge in [-0.05, 0) is 57.7 Å². The van der Waals surface area contributed by atoms with Gasteiger partial charge in [0.2, 0.25) is 5.88 Å². The quantitative estimate of drug-likeness (QED) is 0.628. The molecule has 2 aliphatic heterocycles. The van der Waals surface area contributed by atoms with E-state index in [1.807, 2.05) is 11.8 Å². The van der Waals surface area contributed by atoms with E-state index in [9.17, 15) is 17.6 Å². The van der Waals surface area contributed by atoms with E-state index in [4.69, 9.17) is 9.47 Å². The van der Waals surface area contributed by atoms with Gasteiger partial charge in [-0.25, -0.2) is 27.6 Å². The molecule has 182 valence electrons. The molecule has 2 bridgehead atoms. The van der Waals surface area contributed by atoms with Crippen molar-refractivity contribution in [1.29, 1.82) is 0 Å². The van der Waals surface area contributed by atoms with Crippen molar-refractivity contribution in [3.63, 3.8) is 0 Å². The van der Waals surface area contributed by atoms with Gasteiger partial charge in [0.05, 0.1) is 22.5 Å². The summed E-state index contributed by atoms with van der Waals surface area (Å²) in [6.45, 7) is 4.98. The van der Waals surface area contributed by atoms with Crippen molar-refractivity contribution in [2.24, 2.45) is 0 Å². The van der Waals surface area contributed by atoms with Gasteiger partial charge in [0.1, 0.15) is 17.7 Å². The molecule has 3 fully saturated rings. The summed E-state index contributed by atoms with van der Waals surface area (Å²) >= 11 is 0. The molecular weight excluding hydrogens is 463 g/mol. The number of nitrogens with zero attached hydrogens (tertiary/aromatic N) is 4. The zero-order chi connectivity index (χ0) is 24.3. The number of halogens is 1. The number of benzene rings is 1. The number of hydrogen-bond acceptors (Lipinski definition) is 8. The Balaban J connectivity index is 1.33. The van der Waals surface area contributed by atoms with E-state index in [-0.39, 0.29) is 40.3 Å². The first kappa shape index (κ1) is 22.8. The van der Waals surface area contributed by atoms with Crippen LogP contribution in [0.4, 0.5) is 15.0 Å². The molecule has 9 nitrogen and oxygen atoms in total. The number of piperazine rings is 1. The topological polar surface area (TPSA) is 102 Å². The lowest BCUT2D eigenvalue weighted by molar-refractivity contribution is 0.0414. The van der Waals surface area contributed by atoms with Gasteiger partial charge in [-0.2, -0.15) is 0 Å². The number of ether oxygens (including phenoxy) is 2. The van der Waals surface area contributed by atoms with Crippen molar-refractivity contribution >= 4 is 21.7 Å². The van der Waals surface area contributed by atoms with Crippen LogP contribution in [-0.2, 0) is 14.6 Å². The molecule has 1 saturated carbocycles. The molecule has 11 heteroatoms. The van der Waals surface area contributed by atoms with Crippen molar-refractivity contribution in [2.45, 2.75) is 62.1 Å². The van der Waals surface area contributed by atoms with Crippen LogP contribution in [0.2, 0.25) is 0 Å². The summed E-state index contributed by atoms with van der Waals surface area (Å²) in [6, 6.07) is 3.57. The molecule has 1 aliphatic carbocycles.